The second kappa shape index (κ2) is 7.24. The molecule has 1 saturated heterocycles. The Morgan fingerprint density at radius 3 is 2.71 bits per heavy atom. The summed E-state index contributed by atoms with van der Waals surface area (Å²) in [6.07, 6.45) is 3.50. The highest BCUT2D eigenvalue weighted by Crippen LogP contribution is 2.46. The molecule has 28 heavy (non-hydrogen) atoms. The third kappa shape index (κ3) is 3.53. The molecule has 1 unspecified atom stereocenters. The monoisotopic (exact) mass is 405 g/mol. The van der Waals surface area contributed by atoms with Crippen LogP contribution in [0, 0.1) is 24.0 Å². The number of aromatic nitrogens is 1. The zero-order valence-electron chi connectivity index (χ0n) is 15.5. The predicted octanol–water partition coefficient (Wildman–Crippen LogP) is 3.83. The standard InChI is InChI=1S/C20H21F2N3O2S/c1-12-23-17(11-28-12)18(26)24-15-3-2-4-20(10-15)5-6-25(19(20)27)16-8-13(21)7-14(22)9-16/h7-9,11,15H,2-6,10H2,1H3,(H,24,26)/t15-,20?/m0/s1. The number of amides is 2. The molecule has 2 aromatic rings. The van der Waals surface area contributed by atoms with Gasteiger partial charge in [0.15, 0.2) is 0 Å². The molecule has 2 aliphatic rings. The number of carbonyl (C=O) groups is 2. The van der Waals surface area contributed by atoms with E-state index in [2.05, 4.69) is 10.3 Å². The molecule has 1 aromatic carbocycles. The average molecular weight is 405 g/mol. The van der Waals surface area contributed by atoms with Crippen LogP contribution in [-0.2, 0) is 4.79 Å². The number of carbonyl (C=O) groups excluding carboxylic acids is 2. The van der Waals surface area contributed by atoms with E-state index in [0.717, 1.165) is 30.3 Å². The van der Waals surface area contributed by atoms with Crippen molar-refractivity contribution in [3.63, 3.8) is 0 Å². The maximum Gasteiger partial charge on any atom is 0.270 e. The normalized spacial score (nSPS) is 24.8. The van der Waals surface area contributed by atoms with Crippen LogP contribution >= 0.6 is 11.3 Å². The Labute approximate surface area is 165 Å². The number of nitrogens with zero attached hydrogens (tertiary/aromatic N) is 2. The molecule has 2 atom stereocenters. The van der Waals surface area contributed by atoms with Crippen LogP contribution in [0.4, 0.5) is 14.5 Å². The fourth-order valence-corrected chi connectivity index (χ4v) is 4.99. The van der Waals surface area contributed by atoms with Gasteiger partial charge in [0.1, 0.15) is 17.3 Å². The van der Waals surface area contributed by atoms with Crippen LogP contribution in [0.15, 0.2) is 23.6 Å². The van der Waals surface area contributed by atoms with Crippen molar-refractivity contribution in [3.8, 4) is 0 Å². The van der Waals surface area contributed by atoms with Crippen molar-refractivity contribution in [2.75, 3.05) is 11.4 Å². The van der Waals surface area contributed by atoms with Gasteiger partial charge in [-0.05, 0) is 44.7 Å². The lowest BCUT2D eigenvalue weighted by atomic mass is 9.71. The minimum Gasteiger partial charge on any atom is -0.348 e. The maximum absolute atomic E-state index is 13.6. The van der Waals surface area contributed by atoms with Gasteiger partial charge in [0.2, 0.25) is 5.91 Å². The highest BCUT2D eigenvalue weighted by atomic mass is 32.1. The third-order valence-electron chi connectivity index (χ3n) is 5.70. The van der Waals surface area contributed by atoms with E-state index >= 15 is 0 Å². The smallest absolute Gasteiger partial charge is 0.270 e. The number of aryl methyl sites for hydroxylation is 1. The van der Waals surface area contributed by atoms with Gasteiger partial charge in [-0.3, -0.25) is 9.59 Å². The number of halogens is 2. The van der Waals surface area contributed by atoms with Crippen molar-refractivity contribution in [2.24, 2.45) is 5.41 Å². The minimum absolute atomic E-state index is 0.110. The molecule has 1 saturated carbocycles. The van der Waals surface area contributed by atoms with Crippen LogP contribution in [0.2, 0.25) is 0 Å². The van der Waals surface area contributed by atoms with Crippen molar-refractivity contribution < 1.29 is 18.4 Å². The molecule has 1 aromatic heterocycles. The molecule has 8 heteroatoms. The second-order valence-corrected chi connectivity index (χ2v) is 8.70. The van der Waals surface area contributed by atoms with E-state index in [0.29, 0.717) is 25.1 Å². The quantitative estimate of drug-likeness (QED) is 0.844. The molecule has 2 heterocycles. The third-order valence-corrected chi connectivity index (χ3v) is 6.48. The summed E-state index contributed by atoms with van der Waals surface area (Å²) in [5, 5.41) is 5.56. The fraction of sp³-hybridized carbons (Fsp3) is 0.450. The number of anilines is 1. The summed E-state index contributed by atoms with van der Waals surface area (Å²) < 4.78 is 27.2. The molecule has 2 amide bonds. The van der Waals surface area contributed by atoms with Crippen molar-refractivity contribution in [1.29, 1.82) is 0 Å². The molecule has 1 N–H and O–H groups in total. The van der Waals surface area contributed by atoms with Gasteiger partial charge in [0.25, 0.3) is 5.91 Å². The van der Waals surface area contributed by atoms with E-state index in [9.17, 15) is 18.4 Å². The van der Waals surface area contributed by atoms with Gasteiger partial charge in [0, 0.05) is 29.7 Å². The average Bonchev–Trinajstić information content (AvgIpc) is 3.19. The largest absolute Gasteiger partial charge is 0.348 e. The van der Waals surface area contributed by atoms with E-state index < -0.39 is 17.0 Å². The Morgan fingerprint density at radius 2 is 2.04 bits per heavy atom. The SMILES string of the molecule is Cc1nc(C(=O)N[C@H]2CCCC3(CCN(c4cc(F)cc(F)c4)C3=O)C2)cs1. The van der Waals surface area contributed by atoms with E-state index in [1.54, 1.807) is 5.38 Å². The molecular formula is C20H21F2N3O2S. The number of nitrogens with one attached hydrogen (secondary N) is 1. The molecule has 1 aliphatic heterocycles. The summed E-state index contributed by atoms with van der Waals surface area (Å²) >= 11 is 1.42. The molecule has 4 rings (SSSR count). The zero-order chi connectivity index (χ0) is 19.9. The van der Waals surface area contributed by atoms with Gasteiger partial charge < -0.3 is 10.2 Å². The molecule has 1 aliphatic carbocycles. The van der Waals surface area contributed by atoms with Crippen molar-refractivity contribution >= 4 is 28.8 Å². The molecule has 2 fully saturated rings. The first-order chi connectivity index (χ1) is 13.4. The Hall–Kier alpha value is -2.35. The van der Waals surface area contributed by atoms with E-state index in [1.807, 2.05) is 6.92 Å². The molecule has 0 bridgehead atoms. The van der Waals surface area contributed by atoms with Gasteiger partial charge in [-0.1, -0.05) is 6.42 Å². The van der Waals surface area contributed by atoms with E-state index in [-0.39, 0.29) is 23.5 Å². The summed E-state index contributed by atoms with van der Waals surface area (Å²) in [7, 11) is 0. The number of hydrogen-bond acceptors (Lipinski definition) is 4. The fourth-order valence-electron chi connectivity index (χ4n) is 4.40. The van der Waals surface area contributed by atoms with Crippen LogP contribution in [0.1, 0.15) is 47.6 Å². The topological polar surface area (TPSA) is 62.3 Å². The minimum atomic E-state index is -0.698. The summed E-state index contributed by atoms with van der Waals surface area (Å²) in [5.74, 6) is -1.73. The van der Waals surface area contributed by atoms with E-state index in [4.69, 9.17) is 0 Å². The number of thiazole rings is 1. The van der Waals surface area contributed by atoms with Gasteiger partial charge in [-0.2, -0.15) is 0 Å². The van der Waals surface area contributed by atoms with Gasteiger partial charge in [-0.25, -0.2) is 13.8 Å². The predicted molar refractivity (Wildman–Crippen MR) is 102 cm³/mol. The van der Waals surface area contributed by atoms with Gasteiger partial charge in [-0.15, -0.1) is 11.3 Å². The zero-order valence-corrected chi connectivity index (χ0v) is 16.3. The lowest BCUT2D eigenvalue weighted by Gasteiger charge is -2.36. The number of rotatable bonds is 3. The molecule has 5 nitrogen and oxygen atoms in total. The second-order valence-electron chi connectivity index (χ2n) is 7.63. The Kier molecular flexibility index (Phi) is 4.91. The summed E-state index contributed by atoms with van der Waals surface area (Å²) in [4.78, 5) is 31.3. The van der Waals surface area contributed by atoms with Crippen LogP contribution in [0.5, 0.6) is 0 Å². The molecule has 148 valence electrons. The Morgan fingerprint density at radius 1 is 1.29 bits per heavy atom. The highest BCUT2D eigenvalue weighted by Gasteiger charge is 2.49. The summed E-state index contributed by atoms with van der Waals surface area (Å²) in [6, 6.07) is 3.06. The first-order valence-electron chi connectivity index (χ1n) is 9.37. The van der Waals surface area contributed by atoms with Crippen molar-refractivity contribution in [1.82, 2.24) is 10.3 Å². The van der Waals surface area contributed by atoms with Crippen LogP contribution in [0.3, 0.4) is 0 Å². The first-order valence-corrected chi connectivity index (χ1v) is 10.3. The van der Waals surface area contributed by atoms with Gasteiger partial charge >= 0.3 is 0 Å². The summed E-state index contributed by atoms with van der Waals surface area (Å²) in [5.41, 5.74) is 0.0667. The lowest BCUT2D eigenvalue weighted by Crippen LogP contribution is -2.46. The Bertz CT molecular complexity index is 912. The number of hydrogen-bond donors (Lipinski definition) is 1. The lowest BCUT2D eigenvalue weighted by molar-refractivity contribution is -0.127. The van der Waals surface area contributed by atoms with Gasteiger partial charge in [0.05, 0.1) is 10.4 Å². The maximum atomic E-state index is 13.6. The van der Waals surface area contributed by atoms with E-state index in [1.165, 1.54) is 28.4 Å². The molecule has 1 spiro atoms. The molecular weight excluding hydrogens is 384 g/mol. The van der Waals surface area contributed by atoms with Crippen LogP contribution in [0.25, 0.3) is 0 Å². The highest BCUT2D eigenvalue weighted by molar-refractivity contribution is 7.09. The van der Waals surface area contributed by atoms with Crippen molar-refractivity contribution in [2.45, 2.75) is 45.1 Å². The van der Waals surface area contributed by atoms with Crippen molar-refractivity contribution in [3.05, 3.63) is 45.9 Å². The number of benzene rings is 1. The van der Waals surface area contributed by atoms with Crippen LogP contribution in [-0.4, -0.2) is 29.4 Å². The first kappa shape index (κ1) is 19.0. The Balaban J connectivity index is 1.48. The summed E-state index contributed by atoms with van der Waals surface area (Å²) in [6.45, 7) is 2.27. The van der Waals surface area contributed by atoms with Crippen LogP contribution < -0.4 is 10.2 Å². The molecule has 0 radical (unpaired) electrons.